The number of carbonyl (C=O) groups excluding carboxylic acids is 1. The van der Waals surface area contributed by atoms with Crippen molar-refractivity contribution in [2.75, 3.05) is 6.61 Å². The van der Waals surface area contributed by atoms with Crippen molar-refractivity contribution in [1.82, 2.24) is 0 Å². The van der Waals surface area contributed by atoms with Gasteiger partial charge in [-0.3, -0.25) is 4.79 Å². The summed E-state index contributed by atoms with van der Waals surface area (Å²) in [5, 5.41) is 0. The molecule has 0 N–H and O–H groups in total. The van der Waals surface area contributed by atoms with Gasteiger partial charge in [0.25, 0.3) is 0 Å². The van der Waals surface area contributed by atoms with Crippen LogP contribution >= 0.6 is 0 Å². The highest BCUT2D eigenvalue weighted by atomic mass is 16.5. The maximum atomic E-state index is 11.7. The second-order valence-electron chi connectivity index (χ2n) is 4.87. The molecule has 1 atom stereocenters. The molecule has 1 aliphatic heterocycles. The van der Waals surface area contributed by atoms with Gasteiger partial charge < -0.3 is 4.74 Å². The molecule has 0 aromatic rings. The van der Waals surface area contributed by atoms with Gasteiger partial charge in [0.05, 0.1) is 6.10 Å². The Balaban J connectivity index is 2.35. The summed E-state index contributed by atoms with van der Waals surface area (Å²) in [6, 6.07) is 0. The maximum absolute atomic E-state index is 11.7. The van der Waals surface area contributed by atoms with E-state index in [9.17, 15) is 4.79 Å². The third-order valence-corrected chi connectivity index (χ3v) is 2.52. The first kappa shape index (κ1) is 10.7. The lowest BCUT2D eigenvalue weighted by molar-refractivity contribution is -0.130. The quantitative estimate of drug-likeness (QED) is 0.659. The Morgan fingerprint density at radius 1 is 1.38 bits per heavy atom. The Hall–Kier alpha value is -0.370. The van der Waals surface area contributed by atoms with Crippen LogP contribution in [0.4, 0.5) is 0 Å². The van der Waals surface area contributed by atoms with Crippen LogP contribution in [-0.2, 0) is 9.53 Å². The predicted octanol–water partition coefficient (Wildman–Crippen LogP) is 2.56. The molecule has 76 valence electrons. The molecular formula is C11H20O2. The predicted molar refractivity (Wildman–Crippen MR) is 52.7 cm³/mol. The fourth-order valence-electron chi connectivity index (χ4n) is 1.48. The zero-order valence-corrected chi connectivity index (χ0v) is 8.93. The molecule has 0 bridgehead atoms. The minimum atomic E-state index is -0.208. The summed E-state index contributed by atoms with van der Waals surface area (Å²) < 4.78 is 5.52. The standard InChI is InChI=1S/C11H20O2/c1-11(2,3)10(12)8-9-6-4-5-7-13-9/h9H,4-8H2,1-3H3. The molecule has 0 radical (unpaired) electrons. The van der Waals surface area contributed by atoms with Crippen molar-refractivity contribution in [1.29, 1.82) is 0 Å². The molecule has 2 heteroatoms. The van der Waals surface area contributed by atoms with Crippen LogP contribution in [0.2, 0.25) is 0 Å². The number of Topliss-reactive ketones (excluding diaryl/α,β-unsaturated/α-hetero) is 1. The van der Waals surface area contributed by atoms with E-state index in [0.29, 0.717) is 12.2 Å². The van der Waals surface area contributed by atoms with Gasteiger partial charge in [-0.15, -0.1) is 0 Å². The SMILES string of the molecule is CC(C)(C)C(=O)CC1CCCCO1. The number of hydrogen-bond donors (Lipinski definition) is 0. The minimum absolute atomic E-state index is 0.195. The minimum Gasteiger partial charge on any atom is -0.378 e. The van der Waals surface area contributed by atoms with E-state index >= 15 is 0 Å². The van der Waals surface area contributed by atoms with Gasteiger partial charge in [-0.05, 0) is 19.3 Å². The summed E-state index contributed by atoms with van der Waals surface area (Å²) >= 11 is 0. The molecule has 0 aliphatic carbocycles. The van der Waals surface area contributed by atoms with E-state index in [4.69, 9.17) is 4.74 Å². The van der Waals surface area contributed by atoms with E-state index in [2.05, 4.69) is 0 Å². The topological polar surface area (TPSA) is 26.3 Å². The summed E-state index contributed by atoms with van der Waals surface area (Å²) in [6.07, 6.45) is 4.22. The molecule has 0 aromatic carbocycles. The van der Waals surface area contributed by atoms with Crippen molar-refractivity contribution in [2.24, 2.45) is 5.41 Å². The number of ether oxygens (including phenoxy) is 1. The zero-order valence-electron chi connectivity index (χ0n) is 8.93. The van der Waals surface area contributed by atoms with Crippen LogP contribution in [0.3, 0.4) is 0 Å². The van der Waals surface area contributed by atoms with Gasteiger partial charge in [-0.1, -0.05) is 20.8 Å². The Morgan fingerprint density at radius 3 is 2.54 bits per heavy atom. The van der Waals surface area contributed by atoms with Crippen molar-refractivity contribution in [2.45, 2.75) is 52.6 Å². The lowest BCUT2D eigenvalue weighted by Crippen LogP contribution is -2.28. The van der Waals surface area contributed by atoms with Gasteiger partial charge in [0.15, 0.2) is 0 Å². The molecule has 2 nitrogen and oxygen atoms in total. The Kier molecular flexibility index (Phi) is 3.48. The number of hydrogen-bond acceptors (Lipinski definition) is 2. The Labute approximate surface area is 80.7 Å². The van der Waals surface area contributed by atoms with Gasteiger partial charge in [0.1, 0.15) is 5.78 Å². The number of carbonyl (C=O) groups is 1. The molecule has 1 rings (SSSR count). The fraction of sp³-hybridized carbons (Fsp3) is 0.909. The molecule has 1 heterocycles. The van der Waals surface area contributed by atoms with Crippen LogP contribution in [-0.4, -0.2) is 18.5 Å². The third-order valence-electron chi connectivity index (χ3n) is 2.52. The van der Waals surface area contributed by atoms with Gasteiger partial charge in [-0.2, -0.15) is 0 Å². The van der Waals surface area contributed by atoms with Crippen molar-refractivity contribution in [3.8, 4) is 0 Å². The van der Waals surface area contributed by atoms with E-state index in [-0.39, 0.29) is 11.5 Å². The second-order valence-corrected chi connectivity index (χ2v) is 4.87. The Bertz CT molecular complexity index is 173. The molecule has 1 unspecified atom stereocenters. The molecule has 1 fully saturated rings. The molecule has 1 aliphatic rings. The summed E-state index contributed by atoms with van der Waals surface area (Å²) in [4.78, 5) is 11.7. The van der Waals surface area contributed by atoms with Crippen LogP contribution in [0.15, 0.2) is 0 Å². The zero-order chi connectivity index (χ0) is 9.90. The first-order valence-corrected chi connectivity index (χ1v) is 5.15. The van der Waals surface area contributed by atoms with Crippen LogP contribution in [0.1, 0.15) is 46.5 Å². The average molecular weight is 184 g/mol. The first-order chi connectivity index (χ1) is 6.00. The highest BCUT2D eigenvalue weighted by Gasteiger charge is 2.25. The highest BCUT2D eigenvalue weighted by molar-refractivity contribution is 5.84. The maximum Gasteiger partial charge on any atom is 0.140 e. The Morgan fingerprint density at radius 2 is 2.08 bits per heavy atom. The molecule has 0 saturated carbocycles. The molecular weight excluding hydrogens is 164 g/mol. The molecule has 13 heavy (non-hydrogen) atoms. The molecule has 1 saturated heterocycles. The highest BCUT2D eigenvalue weighted by Crippen LogP contribution is 2.22. The lowest BCUT2D eigenvalue weighted by atomic mass is 9.86. The van der Waals surface area contributed by atoms with E-state index in [1.165, 1.54) is 6.42 Å². The van der Waals surface area contributed by atoms with Crippen molar-refractivity contribution in [3.63, 3.8) is 0 Å². The van der Waals surface area contributed by atoms with Gasteiger partial charge in [0.2, 0.25) is 0 Å². The van der Waals surface area contributed by atoms with Crippen molar-refractivity contribution in [3.05, 3.63) is 0 Å². The number of ketones is 1. The van der Waals surface area contributed by atoms with E-state index < -0.39 is 0 Å². The molecule has 0 spiro atoms. The summed E-state index contributed by atoms with van der Waals surface area (Å²) in [5.74, 6) is 0.319. The van der Waals surface area contributed by atoms with Crippen LogP contribution in [0.5, 0.6) is 0 Å². The monoisotopic (exact) mass is 184 g/mol. The van der Waals surface area contributed by atoms with Gasteiger partial charge in [-0.25, -0.2) is 0 Å². The van der Waals surface area contributed by atoms with Gasteiger partial charge in [0, 0.05) is 18.4 Å². The smallest absolute Gasteiger partial charge is 0.140 e. The molecule has 0 aromatic heterocycles. The third kappa shape index (κ3) is 3.47. The lowest BCUT2D eigenvalue weighted by Gasteiger charge is -2.25. The summed E-state index contributed by atoms with van der Waals surface area (Å²) in [7, 11) is 0. The normalized spacial score (nSPS) is 24.4. The van der Waals surface area contributed by atoms with E-state index in [1.54, 1.807) is 0 Å². The summed E-state index contributed by atoms with van der Waals surface area (Å²) in [5.41, 5.74) is -0.208. The molecule has 0 amide bonds. The number of rotatable bonds is 2. The van der Waals surface area contributed by atoms with Crippen LogP contribution in [0.25, 0.3) is 0 Å². The van der Waals surface area contributed by atoms with E-state index in [0.717, 1.165) is 19.4 Å². The van der Waals surface area contributed by atoms with E-state index in [1.807, 2.05) is 20.8 Å². The first-order valence-electron chi connectivity index (χ1n) is 5.15. The fourth-order valence-corrected chi connectivity index (χ4v) is 1.48. The van der Waals surface area contributed by atoms with Crippen molar-refractivity contribution < 1.29 is 9.53 Å². The van der Waals surface area contributed by atoms with Crippen LogP contribution in [0, 0.1) is 5.41 Å². The van der Waals surface area contributed by atoms with Crippen molar-refractivity contribution >= 4 is 5.78 Å². The van der Waals surface area contributed by atoms with Crippen LogP contribution < -0.4 is 0 Å². The average Bonchev–Trinajstić information content (AvgIpc) is 2.04. The largest absolute Gasteiger partial charge is 0.378 e. The summed E-state index contributed by atoms with van der Waals surface area (Å²) in [6.45, 7) is 6.75. The second kappa shape index (κ2) is 4.23. The van der Waals surface area contributed by atoms with Gasteiger partial charge >= 0.3 is 0 Å².